The molecule has 2 atom stereocenters. The standard InChI is InChI=1S/C14H16BrN3OS/c1-9-7-12(20-13(9)15)14(19)17-10-3-2-4-11(10)18-6-5-16-8-18/h5-8,10-11H,2-4H2,1H3,(H,17,19). The Labute approximate surface area is 130 Å². The molecule has 0 saturated heterocycles. The van der Waals surface area contributed by atoms with Crippen molar-refractivity contribution in [1.82, 2.24) is 14.9 Å². The first kappa shape index (κ1) is 13.8. The predicted octanol–water partition coefficient (Wildman–Crippen LogP) is 3.54. The number of rotatable bonds is 3. The Morgan fingerprint density at radius 2 is 2.40 bits per heavy atom. The highest BCUT2D eigenvalue weighted by atomic mass is 79.9. The first-order chi connectivity index (χ1) is 9.65. The molecule has 0 bridgehead atoms. The van der Waals surface area contributed by atoms with Gasteiger partial charge in [0.15, 0.2) is 0 Å². The normalized spacial score (nSPS) is 22.1. The van der Waals surface area contributed by atoms with Gasteiger partial charge in [0.25, 0.3) is 5.91 Å². The maximum absolute atomic E-state index is 12.3. The molecule has 1 N–H and O–H groups in total. The highest BCUT2D eigenvalue weighted by Crippen LogP contribution is 2.31. The van der Waals surface area contributed by atoms with Crippen molar-refractivity contribution < 1.29 is 4.79 Å². The van der Waals surface area contributed by atoms with Crippen LogP contribution in [0.4, 0.5) is 0 Å². The highest BCUT2D eigenvalue weighted by Gasteiger charge is 2.30. The third-order valence-corrected chi connectivity index (χ3v) is 5.92. The lowest BCUT2D eigenvalue weighted by Gasteiger charge is -2.21. The van der Waals surface area contributed by atoms with Crippen LogP contribution in [0.25, 0.3) is 0 Å². The molecule has 1 fully saturated rings. The maximum atomic E-state index is 12.3. The van der Waals surface area contributed by atoms with Crippen molar-refractivity contribution in [2.45, 2.75) is 38.3 Å². The fourth-order valence-corrected chi connectivity index (χ4v) is 4.18. The minimum absolute atomic E-state index is 0.0285. The molecule has 2 aromatic rings. The maximum Gasteiger partial charge on any atom is 0.261 e. The minimum Gasteiger partial charge on any atom is -0.347 e. The predicted molar refractivity (Wildman–Crippen MR) is 83.1 cm³/mol. The van der Waals surface area contributed by atoms with Gasteiger partial charge in [0.05, 0.1) is 21.0 Å². The molecule has 4 nitrogen and oxygen atoms in total. The Morgan fingerprint density at radius 3 is 3.05 bits per heavy atom. The van der Waals surface area contributed by atoms with Gasteiger partial charge in [-0.15, -0.1) is 11.3 Å². The first-order valence-corrected chi connectivity index (χ1v) is 8.30. The average Bonchev–Trinajstić information content (AvgIpc) is 3.11. The topological polar surface area (TPSA) is 46.9 Å². The number of aryl methyl sites for hydroxylation is 1. The molecule has 20 heavy (non-hydrogen) atoms. The molecule has 1 saturated carbocycles. The molecule has 3 rings (SSSR count). The van der Waals surface area contributed by atoms with Crippen LogP contribution in [0.3, 0.4) is 0 Å². The largest absolute Gasteiger partial charge is 0.347 e. The van der Waals surface area contributed by atoms with Crippen molar-refractivity contribution in [1.29, 1.82) is 0 Å². The third kappa shape index (κ3) is 2.67. The molecule has 0 radical (unpaired) electrons. The lowest BCUT2D eigenvalue weighted by atomic mass is 10.1. The van der Waals surface area contributed by atoms with Crippen LogP contribution in [0.1, 0.15) is 40.5 Å². The highest BCUT2D eigenvalue weighted by molar-refractivity contribution is 9.11. The fraction of sp³-hybridized carbons (Fsp3) is 0.429. The summed E-state index contributed by atoms with van der Waals surface area (Å²) in [6.45, 7) is 2.00. The Bertz CT molecular complexity index is 588. The third-order valence-electron chi connectivity index (χ3n) is 3.78. The van der Waals surface area contributed by atoms with E-state index in [9.17, 15) is 4.79 Å². The SMILES string of the molecule is Cc1cc(C(=O)NC2CCCC2n2ccnc2)sc1Br. The van der Waals surface area contributed by atoms with Gasteiger partial charge in [0, 0.05) is 18.4 Å². The summed E-state index contributed by atoms with van der Waals surface area (Å²) in [7, 11) is 0. The van der Waals surface area contributed by atoms with E-state index in [0.29, 0.717) is 6.04 Å². The minimum atomic E-state index is 0.0285. The van der Waals surface area contributed by atoms with Crippen molar-refractivity contribution in [3.63, 3.8) is 0 Å². The second-order valence-corrected chi connectivity index (χ2v) is 7.53. The molecule has 2 unspecified atom stereocenters. The van der Waals surface area contributed by atoms with E-state index in [1.807, 2.05) is 25.5 Å². The molecule has 6 heteroatoms. The van der Waals surface area contributed by atoms with Crippen LogP contribution in [-0.4, -0.2) is 21.5 Å². The molecule has 0 aliphatic heterocycles. The van der Waals surface area contributed by atoms with E-state index in [1.54, 1.807) is 6.20 Å². The van der Waals surface area contributed by atoms with E-state index >= 15 is 0 Å². The van der Waals surface area contributed by atoms with Gasteiger partial charge in [0.1, 0.15) is 0 Å². The summed E-state index contributed by atoms with van der Waals surface area (Å²) >= 11 is 4.96. The van der Waals surface area contributed by atoms with Gasteiger partial charge in [-0.2, -0.15) is 0 Å². The van der Waals surface area contributed by atoms with E-state index in [-0.39, 0.29) is 11.9 Å². The summed E-state index contributed by atoms with van der Waals surface area (Å²) in [5.41, 5.74) is 1.11. The number of aromatic nitrogens is 2. The Hall–Kier alpha value is -1.14. The number of carbonyl (C=O) groups excluding carboxylic acids is 1. The van der Waals surface area contributed by atoms with Gasteiger partial charge in [0.2, 0.25) is 0 Å². The van der Waals surface area contributed by atoms with Gasteiger partial charge in [-0.1, -0.05) is 0 Å². The van der Waals surface area contributed by atoms with Gasteiger partial charge in [-0.05, 0) is 53.7 Å². The summed E-state index contributed by atoms with van der Waals surface area (Å²) in [5.74, 6) is 0.0285. The number of imidazole rings is 1. The van der Waals surface area contributed by atoms with E-state index in [4.69, 9.17) is 0 Å². The Morgan fingerprint density at radius 1 is 1.55 bits per heavy atom. The average molecular weight is 354 g/mol. The summed E-state index contributed by atoms with van der Waals surface area (Å²) < 4.78 is 3.13. The second kappa shape index (κ2) is 5.69. The van der Waals surface area contributed by atoms with E-state index < -0.39 is 0 Å². The van der Waals surface area contributed by atoms with Crippen LogP contribution in [0.2, 0.25) is 0 Å². The molecule has 1 aliphatic rings. The zero-order valence-electron chi connectivity index (χ0n) is 11.2. The van der Waals surface area contributed by atoms with Crippen LogP contribution in [0.15, 0.2) is 28.6 Å². The molecule has 2 aromatic heterocycles. The van der Waals surface area contributed by atoms with Crippen LogP contribution in [0, 0.1) is 6.92 Å². The zero-order chi connectivity index (χ0) is 14.1. The van der Waals surface area contributed by atoms with Gasteiger partial charge in [-0.3, -0.25) is 4.79 Å². The molecule has 0 spiro atoms. The van der Waals surface area contributed by atoms with Crippen molar-refractivity contribution in [2.75, 3.05) is 0 Å². The van der Waals surface area contributed by atoms with Crippen LogP contribution in [0.5, 0.6) is 0 Å². The number of halogens is 1. The Balaban J connectivity index is 1.72. The lowest BCUT2D eigenvalue weighted by molar-refractivity contribution is 0.0933. The van der Waals surface area contributed by atoms with Crippen LogP contribution < -0.4 is 5.32 Å². The number of nitrogens with one attached hydrogen (secondary N) is 1. The van der Waals surface area contributed by atoms with Crippen molar-refractivity contribution >= 4 is 33.2 Å². The molecule has 0 aromatic carbocycles. The quantitative estimate of drug-likeness (QED) is 0.917. The summed E-state index contributed by atoms with van der Waals surface area (Å²) in [6, 6.07) is 2.45. The van der Waals surface area contributed by atoms with Crippen molar-refractivity contribution in [3.8, 4) is 0 Å². The molecule has 106 valence electrons. The van der Waals surface area contributed by atoms with E-state index in [1.165, 1.54) is 11.3 Å². The summed E-state index contributed by atoms with van der Waals surface area (Å²) in [5, 5.41) is 3.18. The molecule has 1 aliphatic carbocycles. The van der Waals surface area contributed by atoms with Gasteiger partial charge < -0.3 is 9.88 Å². The van der Waals surface area contributed by atoms with Crippen LogP contribution >= 0.6 is 27.3 Å². The fourth-order valence-electron chi connectivity index (χ4n) is 2.74. The summed E-state index contributed by atoms with van der Waals surface area (Å²) in [6.07, 6.45) is 8.86. The van der Waals surface area contributed by atoms with E-state index in [2.05, 4.69) is 30.8 Å². The molecular formula is C14H16BrN3OS. The molecule has 2 heterocycles. The lowest BCUT2D eigenvalue weighted by Crippen LogP contribution is -2.37. The number of hydrogen-bond donors (Lipinski definition) is 1. The van der Waals surface area contributed by atoms with Gasteiger partial charge in [-0.25, -0.2) is 4.98 Å². The van der Waals surface area contributed by atoms with Crippen molar-refractivity contribution in [2.24, 2.45) is 0 Å². The second-order valence-electron chi connectivity index (χ2n) is 5.16. The van der Waals surface area contributed by atoms with Crippen molar-refractivity contribution in [3.05, 3.63) is 39.0 Å². The first-order valence-electron chi connectivity index (χ1n) is 6.69. The smallest absolute Gasteiger partial charge is 0.261 e. The van der Waals surface area contributed by atoms with E-state index in [0.717, 1.165) is 33.5 Å². The number of carbonyl (C=O) groups is 1. The Kier molecular flexibility index (Phi) is 3.94. The van der Waals surface area contributed by atoms with Gasteiger partial charge >= 0.3 is 0 Å². The number of amides is 1. The number of nitrogens with zero attached hydrogens (tertiary/aromatic N) is 2. The monoisotopic (exact) mass is 353 g/mol. The number of hydrogen-bond acceptors (Lipinski definition) is 3. The summed E-state index contributed by atoms with van der Waals surface area (Å²) in [4.78, 5) is 17.2. The molecule has 1 amide bonds. The molecular weight excluding hydrogens is 338 g/mol. The zero-order valence-corrected chi connectivity index (χ0v) is 13.6. The number of thiophene rings is 1. The van der Waals surface area contributed by atoms with Crippen LogP contribution in [-0.2, 0) is 0 Å².